The molecule has 0 spiro atoms. The monoisotopic (exact) mass is 549 g/mol. The van der Waals surface area contributed by atoms with Crippen molar-refractivity contribution in [3.05, 3.63) is 87.1 Å². The third kappa shape index (κ3) is 5.33. The van der Waals surface area contributed by atoms with Gasteiger partial charge in [-0.3, -0.25) is 9.20 Å². The molecule has 3 heterocycles. The van der Waals surface area contributed by atoms with Crippen LogP contribution >= 0.6 is 27.5 Å². The van der Waals surface area contributed by atoms with Crippen molar-refractivity contribution in [1.29, 1.82) is 0 Å². The Morgan fingerprint density at radius 2 is 1.97 bits per heavy atom. The van der Waals surface area contributed by atoms with Gasteiger partial charge in [0, 0.05) is 15.7 Å². The van der Waals surface area contributed by atoms with Crippen LogP contribution in [0.2, 0.25) is 5.02 Å². The lowest BCUT2D eigenvalue weighted by Crippen LogP contribution is -2.22. The number of aromatic nitrogens is 2. The Bertz CT molecular complexity index is 1460. The third-order valence-corrected chi connectivity index (χ3v) is 6.71. The van der Waals surface area contributed by atoms with E-state index in [1.54, 1.807) is 35.7 Å². The van der Waals surface area contributed by atoms with Crippen LogP contribution in [0.5, 0.6) is 0 Å². The summed E-state index contributed by atoms with van der Waals surface area (Å²) in [6.07, 6.45) is 3.07. The van der Waals surface area contributed by atoms with Crippen LogP contribution in [0.15, 0.2) is 73.6 Å². The molecule has 0 aliphatic carbocycles. The molecule has 170 valence electrons. The zero-order valence-electron chi connectivity index (χ0n) is 17.1. The molecule has 4 rings (SSSR count). The van der Waals surface area contributed by atoms with Gasteiger partial charge in [-0.05, 0) is 71.4 Å². The molecule has 4 aromatic rings. The quantitative estimate of drug-likeness (QED) is 0.267. The molecule has 1 amide bonds. The van der Waals surface area contributed by atoms with Crippen LogP contribution in [0, 0.1) is 6.92 Å². The predicted octanol–water partition coefficient (Wildman–Crippen LogP) is 3.89. The summed E-state index contributed by atoms with van der Waals surface area (Å²) in [6.45, 7) is 1.68. The number of fused-ring (bicyclic) bond motifs is 1. The van der Waals surface area contributed by atoms with E-state index in [9.17, 15) is 13.2 Å². The van der Waals surface area contributed by atoms with E-state index >= 15 is 0 Å². The number of pyridine rings is 1. The molecule has 0 saturated carbocycles. The number of benzene rings is 1. The highest BCUT2D eigenvalue weighted by molar-refractivity contribution is 9.10. The Hall–Kier alpha value is -2.99. The van der Waals surface area contributed by atoms with E-state index in [0.29, 0.717) is 33.6 Å². The van der Waals surface area contributed by atoms with E-state index in [-0.39, 0.29) is 11.4 Å². The van der Waals surface area contributed by atoms with Crippen molar-refractivity contribution in [2.45, 2.75) is 18.4 Å². The van der Waals surface area contributed by atoms with E-state index in [1.807, 2.05) is 6.07 Å². The molecule has 0 saturated heterocycles. The van der Waals surface area contributed by atoms with E-state index in [4.69, 9.17) is 16.0 Å². The maximum absolute atomic E-state index is 12.6. The number of aryl methyl sites for hydroxylation is 1. The van der Waals surface area contributed by atoms with Gasteiger partial charge in [0.15, 0.2) is 0 Å². The second kappa shape index (κ2) is 9.48. The zero-order valence-corrected chi connectivity index (χ0v) is 20.3. The summed E-state index contributed by atoms with van der Waals surface area (Å²) >= 11 is 9.17. The predicted molar refractivity (Wildman–Crippen MR) is 127 cm³/mol. The van der Waals surface area contributed by atoms with E-state index in [2.05, 4.69) is 36.2 Å². The standard InChI is InChI=1S/C21H17BrClN5O4S/c1-13-20(28-12-14(22)2-9-19(28)26-13)21(29)27-24-10-16-5-6-17(32-16)11-25-33(30,31)18-7-3-15(23)4-8-18/h2-10,12,25H,11H2,1H3,(H,27,29)/b24-10+. The van der Waals surface area contributed by atoms with Crippen molar-refractivity contribution >= 4 is 55.3 Å². The number of carbonyl (C=O) groups is 1. The second-order valence-corrected chi connectivity index (χ2v) is 10.0. The number of rotatable bonds is 7. The fourth-order valence-corrected chi connectivity index (χ4v) is 4.50. The topological polar surface area (TPSA) is 118 Å². The Morgan fingerprint density at radius 3 is 2.73 bits per heavy atom. The number of amides is 1. The van der Waals surface area contributed by atoms with E-state index in [1.165, 1.54) is 30.5 Å². The van der Waals surface area contributed by atoms with E-state index < -0.39 is 15.9 Å². The van der Waals surface area contributed by atoms with Crippen molar-refractivity contribution in [3.63, 3.8) is 0 Å². The molecule has 0 aliphatic heterocycles. The molecule has 0 aliphatic rings. The first-order chi connectivity index (χ1) is 15.7. The van der Waals surface area contributed by atoms with Crippen LogP contribution in [-0.4, -0.2) is 29.9 Å². The zero-order chi connectivity index (χ0) is 23.6. The van der Waals surface area contributed by atoms with Crippen LogP contribution < -0.4 is 10.1 Å². The fraction of sp³-hybridized carbons (Fsp3) is 0.0952. The number of hydrogen-bond donors (Lipinski definition) is 2. The average molecular weight is 551 g/mol. The first-order valence-electron chi connectivity index (χ1n) is 9.54. The number of hydrazone groups is 1. The Morgan fingerprint density at radius 1 is 1.21 bits per heavy atom. The Kier molecular flexibility index (Phi) is 6.66. The molecule has 0 unspecified atom stereocenters. The molecule has 12 heteroatoms. The summed E-state index contributed by atoms with van der Waals surface area (Å²) < 4.78 is 35.2. The van der Waals surface area contributed by atoms with Crippen LogP contribution in [-0.2, 0) is 16.6 Å². The van der Waals surface area contributed by atoms with E-state index in [0.717, 1.165) is 4.47 Å². The van der Waals surface area contributed by atoms with Crippen LogP contribution in [0.25, 0.3) is 5.65 Å². The maximum atomic E-state index is 12.6. The van der Waals surface area contributed by atoms with Gasteiger partial charge < -0.3 is 4.42 Å². The number of halogens is 2. The van der Waals surface area contributed by atoms with Crippen LogP contribution in [0.3, 0.4) is 0 Å². The molecular weight excluding hydrogens is 534 g/mol. The number of nitrogens with one attached hydrogen (secondary N) is 2. The van der Waals surface area contributed by atoms with Gasteiger partial charge in [-0.15, -0.1) is 0 Å². The summed E-state index contributed by atoms with van der Waals surface area (Å²) in [5.74, 6) is 0.285. The summed E-state index contributed by atoms with van der Waals surface area (Å²) in [4.78, 5) is 17.1. The molecule has 0 fully saturated rings. The minimum atomic E-state index is -3.72. The second-order valence-electron chi connectivity index (χ2n) is 6.90. The lowest BCUT2D eigenvalue weighted by Gasteiger charge is -2.05. The smallest absolute Gasteiger partial charge is 0.290 e. The van der Waals surface area contributed by atoms with Gasteiger partial charge in [0.25, 0.3) is 5.91 Å². The molecular formula is C21H17BrClN5O4S. The molecule has 0 bridgehead atoms. The molecule has 2 N–H and O–H groups in total. The highest BCUT2D eigenvalue weighted by Crippen LogP contribution is 2.17. The maximum Gasteiger partial charge on any atom is 0.290 e. The highest BCUT2D eigenvalue weighted by atomic mass is 79.9. The minimum absolute atomic E-state index is 0.0545. The van der Waals surface area contributed by atoms with Gasteiger partial charge in [-0.2, -0.15) is 5.10 Å². The molecule has 0 radical (unpaired) electrons. The largest absolute Gasteiger partial charge is 0.459 e. The van der Waals surface area contributed by atoms with Crippen LogP contribution in [0.1, 0.15) is 27.7 Å². The van der Waals surface area contributed by atoms with Gasteiger partial charge in [0.1, 0.15) is 22.9 Å². The van der Waals surface area contributed by atoms with Crippen LogP contribution in [0.4, 0.5) is 0 Å². The van der Waals surface area contributed by atoms with Gasteiger partial charge in [-0.1, -0.05) is 11.6 Å². The lowest BCUT2D eigenvalue weighted by atomic mass is 10.3. The SMILES string of the molecule is Cc1nc2ccc(Br)cn2c1C(=O)N/N=C/c1ccc(CNS(=O)(=O)c2ccc(Cl)cc2)o1. The summed E-state index contributed by atoms with van der Waals surface area (Å²) in [7, 11) is -3.72. The number of carbonyl (C=O) groups excluding carboxylic acids is 1. The number of nitrogens with zero attached hydrogens (tertiary/aromatic N) is 3. The minimum Gasteiger partial charge on any atom is -0.459 e. The van der Waals surface area contributed by atoms with Gasteiger partial charge >= 0.3 is 0 Å². The summed E-state index contributed by atoms with van der Waals surface area (Å²) in [5, 5.41) is 4.37. The van der Waals surface area contributed by atoms with Crippen molar-refractivity contribution in [3.8, 4) is 0 Å². The fourth-order valence-electron chi connectivity index (χ4n) is 3.04. The summed E-state index contributed by atoms with van der Waals surface area (Å²) in [6, 6.07) is 12.7. The number of imidazole rings is 1. The van der Waals surface area contributed by atoms with Gasteiger partial charge in [-0.25, -0.2) is 23.5 Å². The number of hydrogen-bond acceptors (Lipinski definition) is 6. The Labute approximate surface area is 202 Å². The van der Waals surface area contributed by atoms with Crippen molar-refractivity contribution < 1.29 is 17.6 Å². The van der Waals surface area contributed by atoms with Gasteiger partial charge in [0.2, 0.25) is 10.0 Å². The summed E-state index contributed by atoms with van der Waals surface area (Å²) in [5.41, 5.74) is 4.02. The van der Waals surface area contributed by atoms with Gasteiger partial charge in [0.05, 0.1) is 23.3 Å². The van der Waals surface area contributed by atoms with Crippen molar-refractivity contribution in [2.75, 3.05) is 0 Å². The molecule has 0 atom stereocenters. The first-order valence-corrected chi connectivity index (χ1v) is 12.2. The normalized spacial score (nSPS) is 12.0. The molecule has 3 aromatic heterocycles. The average Bonchev–Trinajstić information content (AvgIpc) is 3.35. The molecule has 1 aromatic carbocycles. The number of furan rings is 1. The van der Waals surface area contributed by atoms with Crippen molar-refractivity contribution in [1.82, 2.24) is 19.5 Å². The highest BCUT2D eigenvalue weighted by Gasteiger charge is 2.17. The number of sulfonamides is 1. The molecule has 33 heavy (non-hydrogen) atoms. The van der Waals surface area contributed by atoms with Crippen molar-refractivity contribution in [2.24, 2.45) is 5.10 Å². The Balaban J connectivity index is 1.38. The lowest BCUT2D eigenvalue weighted by molar-refractivity contribution is 0.0948. The molecule has 9 nitrogen and oxygen atoms in total. The third-order valence-electron chi connectivity index (χ3n) is 4.57. The first kappa shape index (κ1) is 23.2.